The van der Waals surface area contributed by atoms with Gasteiger partial charge >= 0.3 is 0 Å². The maximum Gasteiger partial charge on any atom is 0.167 e. The van der Waals surface area contributed by atoms with Gasteiger partial charge in [0.1, 0.15) is 0 Å². The van der Waals surface area contributed by atoms with Gasteiger partial charge < -0.3 is 0 Å². The number of nitrogens with zero attached hydrogens (tertiary/aromatic N) is 4. The van der Waals surface area contributed by atoms with E-state index < -0.39 is 7.51 Å². The van der Waals surface area contributed by atoms with Crippen LogP contribution in [0.4, 0.5) is 0 Å². The quantitative estimate of drug-likeness (QED) is 0.190. The summed E-state index contributed by atoms with van der Waals surface area (Å²) in [5, 5.41) is 0. The summed E-state index contributed by atoms with van der Waals surface area (Å²) in [6, 6.07) is 0. The highest BCUT2D eigenvalue weighted by Crippen LogP contribution is 2.61. The van der Waals surface area contributed by atoms with E-state index in [1.165, 1.54) is 116 Å². The Morgan fingerprint density at radius 1 is 0.621 bits per heavy atom. The van der Waals surface area contributed by atoms with Crippen LogP contribution >= 0.6 is 7.51 Å². The SMILES string of the molecule is CCCCCCCCCCCCN=P(N(CC)CC)(N1CCCC1)N1CCCC1. The van der Waals surface area contributed by atoms with Crippen LogP contribution in [-0.2, 0) is 0 Å². The second-order valence-electron chi connectivity index (χ2n) is 9.04. The van der Waals surface area contributed by atoms with E-state index in [0.717, 1.165) is 19.6 Å². The van der Waals surface area contributed by atoms with Crippen molar-refractivity contribution in [1.82, 2.24) is 14.0 Å². The zero-order chi connectivity index (χ0) is 20.8. The van der Waals surface area contributed by atoms with Crippen LogP contribution in [0.2, 0.25) is 0 Å². The minimum absolute atomic E-state index is 1.08. The average Bonchev–Trinajstić information content (AvgIpc) is 3.46. The van der Waals surface area contributed by atoms with Gasteiger partial charge in [-0.05, 0) is 32.1 Å². The Morgan fingerprint density at radius 2 is 1.03 bits per heavy atom. The van der Waals surface area contributed by atoms with Gasteiger partial charge in [0.25, 0.3) is 0 Å². The van der Waals surface area contributed by atoms with Crippen LogP contribution < -0.4 is 0 Å². The van der Waals surface area contributed by atoms with Crippen molar-refractivity contribution in [1.29, 1.82) is 0 Å². The van der Waals surface area contributed by atoms with Crippen LogP contribution in [-0.4, -0.2) is 59.8 Å². The molecule has 2 fully saturated rings. The van der Waals surface area contributed by atoms with Crippen molar-refractivity contribution in [2.45, 2.75) is 111 Å². The van der Waals surface area contributed by atoms with Crippen molar-refractivity contribution in [2.24, 2.45) is 4.74 Å². The third kappa shape index (κ3) is 7.63. The molecular weight excluding hydrogens is 375 g/mol. The van der Waals surface area contributed by atoms with Gasteiger partial charge in [0.15, 0.2) is 7.51 Å². The topological polar surface area (TPSA) is 22.1 Å². The van der Waals surface area contributed by atoms with Crippen LogP contribution in [0.5, 0.6) is 0 Å². The summed E-state index contributed by atoms with van der Waals surface area (Å²) >= 11 is 0. The molecule has 0 bridgehead atoms. The molecule has 4 nitrogen and oxygen atoms in total. The van der Waals surface area contributed by atoms with E-state index in [2.05, 4.69) is 34.8 Å². The molecule has 0 aromatic carbocycles. The summed E-state index contributed by atoms with van der Waals surface area (Å²) in [5.41, 5.74) is 0. The van der Waals surface area contributed by atoms with Crippen LogP contribution in [0.25, 0.3) is 0 Å². The lowest BCUT2D eigenvalue weighted by Gasteiger charge is -2.46. The fourth-order valence-corrected chi connectivity index (χ4v) is 9.57. The molecule has 2 saturated heterocycles. The first-order valence-electron chi connectivity index (χ1n) is 13.1. The minimum Gasteiger partial charge on any atom is -0.261 e. The molecule has 0 aromatic heterocycles. The summed E-state index contributed by atoms with van der Waals surface area (Å²) < 4.78 is 14.0. The number of hydrogen-bond acceptors (Lipinski definition) is 1. The normalized spacial score (nSPS) is 18.9. The molecule has 0 amide bonds. The molecule has 2 rings (SSSR count). The molecule has 0 radical (unpaired) electrons. The maximum atomic E-state index is 5.62. The molecule has 0 unspecified atom stereocenters. The van der Waals surface area contributed by atoms with Crippen LogP contribution in [0, 0.1) is 0 Å². The fourth-order valence-electron chi connectivity index (χ4n) is 5.15. The second-order valence-corrected chi connectivity index (χ2v) is 12.1. The van der Waals surface area contributed by atoms with E-state index in [0.29, 0.717) is 0 Å². The van der Waals surface area contributed by atoms with E-state index >= 15 is 0 Å². The Bertz CT molecular complexity index is 424. The Kier molecular flexibility index (Phi) is 13.1. The molecule has 0 aromatic rings. The molecule has 2 aliphatic heterocycles. The zero-order valence-corrected chi connectivity index (χ0v) is 21.0. The summed E-state index contributed by atoms with van der Waals surface area (Å²) in [4.78, 5) is 0. The molecule has 2 heterocycles. The van der Waals surface area contributed by atoms with Crippen molar-refractivity contribution in [2.75, 3.05) is 45.8 Å². The van der Waals surface area contributed by atoms with Gasteiger partial charge in [0.2, 0.25) is 0 Å². The van der Waals surface area contributed by atoms with Crippen molar-refractivity contribution >= 4 is 7.51 Å². The molecule has 2 aliphatic rings. The molecule has 0 N–H and O–H groups in total. The molecular formula is C24H51N4P. The fraction of sp³-hybridized carbons (Fsp3) is 1.00. The van der Waals surface area contributed by atoms with Gasteiger partial charge in [-0.25, -0.2) is 14.0 Å². The standard InChI is InChI=1S/C24H51N4P/c1-4-7-8-9-10-11-12-13-14-15-20-25-29(26(5-2)6-3,27-21-16-17-22-27)28-23-18-19-24-28/h4-24H2,1-3H3. The summed E-state index contributed by atoms with van der Waals surface area (Å²) in [7, 11) is -1.65. The molecule has 0 aliphatic carbocycles. The lowest BCUT2D eigenvalue weighted by atomic mass is 10.1. The van der Waals surface area contributed by atoms with Gasteiger partial charge in [0, 0.05) is 45.8 Å². The molecule has 29 heavy (non-hydrogen) atoms. The highest BCUT2D eigenvalue weighted by Gasteiger charge is 2.40. The van der Waals surface area contributed by atoms with Gasteiger partial charge in [-0.1, -0.05) is 78.6 Å². The van der Waals surface area contributed by atoms with E-state index in [9.17, 15) is 0 Å². The van der Waals surface area contributed by atoms with Gasteiger partial charge in [-0.3, -0.25) is 4.74 Å². The van der Waals surface area contributed by atoms with Crippen molar-refractivity contribution in [3.8, 4) is 0 Å². The van der Waals surface area contributed by atoms with Crippen molar-refractivity contribution in [3.63, 3.8) is 0 Å². The highest BCUT2D eigenvalue weighted by molar-refractivity contribution is 7.59. The highest BCUT2D eigenvalue weighted by atomic mass is 31.2. The van der Waals surface area contributed by atoms with E-state index in [1.54, 1.807) is 0 Å². The van der Waals surface area contributed by atoms with Crippen LogP contribution in [0.3, 0.4) is 0 Å². The zero-order valence-electron chi connectivity index (χ0n) is 20.1. The largest absolute Gasteiger partial charge is 0.261 e. The monoisotopic (exact) mass is 426 g/mol. The first kappa shape index (κ1) is 25.4. The van der Waals surface area contributed by atoms with E-state index in [-0.39, 0.29) is 0 Å². The first-order valence-corrected chi connectivity index (χ1v) is 14.7. The lowest BCUT2D eigenvalue weighted by molar-refractivity contribution is 0.364. The third-order valence-corrected chi connectivity index (χ3v) is 11.1. The van der Waals surface area contributed by atoms with Gasteiger partial charge in [-0.2, -0.15) is 0 Å². The number of unbranched alkanes of at least 4 members (excludes halogenated alkanes) is 9. The van der Waals surface area contributed by atoms with Gasteiger partial charge in [-0.15, -0.1) is 0 Å². The van der Waals surface area contributed by atoms with Crippen molar-refractivity contribution < 1.29 is 0 Å². The molecule has 5 heteroatoms. The molecule has 172 valence electrons. The first-order chi connectivity index (χ1) is 14.3. The van der Waals surface area contributed by atoms with E-state index in [4.69, 9.17) is 4.74 Å². The number of hydrogen-bond donors (Lipinski definition) is 0. The lowest BCUT2D eigenvalue weighted by Crippen LogP contribution is -2.39. The van der Waals surface area contributed by atoms with Crippen molar-refractivity contribution in [3.05, 3.63) is 0 Å². The summed E-state index contributed by atoms with van der Waals surface area (Å²) in [6.45, 7) is 15.4. The van der Waals surface area contributed by atoms with Crippen LogP contribution in [0.15, 0.2) is 4.74 Å². The Morgan fingerprint density at radius 3 is 1.45 bits per heavy atom. The minimum atomic E-state index is -1.65. The Hall–Kier alpha value is 0.110. The average molecular weight is 427 g/mol. The van der Waals surface area contributed by atoms with Gasteiger partial charge in [0.05, 0.1) is 0 Å². The Labute approximate surface area is 183 Å². The Balaban J connectivity index is 1.86. The summed E-state index contributed by atoms with van der Waals surface area (Å²) in [5.74, 6) is 0. The molecule has 0 spiro atoms. The predicted octanol–water partition coefficient (Wildman–Crippen LogP) is 7.39. The molecule has 0 saturated carbocycles. The number of rotatable bonds is 16. The second kappa shape index (κ2) is 15.0. The predicted molar refractivity (Wildman–Crippen MR) is 131 cm³/mol. The van der Waals surface area contributed by atoms with E-state index in [1.807, 2.05) is 0 Å². The smallest absolute Gasteiger partial charge is 0.167 e. The third-order valence-electron chi connectivity index (χ3n) is 6.83. The maximum absolute atomic E-state index is 5.62. The van der Waals surface area contributed by atoms with Crippen LogP contribution in [0.1, 0.15) is 111 Å². The summed E-state index contributed by atoms with van der Waals surface area (Å²) in [6.07, 6.45) is 19.5. The molecule has 0 atom stereocenters.